The molecule has 0 spiro atoms. The van der Waals surface area contributed by atoms with Crippen LogP contribution in [0.3, 0.4) is 0 Å². The summed E-state index contributed by atoms with van der Waals surface area (Å²) in [5.41, 5.74) is -0.0522. The minimum absolute atomic E-state index is 0.0672. The van der Waals surface area contributed by atoms with Gasteiger partial charge in [-0.15, -0.1) is 5.10 Å². The third kappa shape index (κ3) is 3.42. The molecule has 2 aromatic heterocycles. The number of aromatic nitrogens is 5. The summed E-state index contributed by atoms with van der Waals surface area (Å²) in [6.45, 7) is 3.99. The Morgan fingerprint density at radius 2 is 2.08 bits per heavy atom. The Labute approximate surface area is 148 Å². The topological polar surface area (TPSA) is 48.5 Å². The van der Waals surface area contributed by atoms with Crippen LogP contribution in [-0.2, 0) is 6.18 Å². The molecule has 1 aliphatic rings. The quantitative estimate of drug-likeness (QED) is 0.565. The van der Waals surface area contributed by atoms with E-state index in [4.69, 9.17) is 0 Å². The Kier molecular flexibility index (Phi) is 4.97. The molecule has 2 atom stereocenters. The van der Waals surface area contributed by atoms with Crippen molar-refractivity contribution >= 4 is 0 Å². The predicted octanol–water partition coefficient (Wildman–Crippen LogP) is 4.74. The summed E-state index contributed by atoms with van der Waals surface area (Å²) < 4.78 is 54.9. The molecule has 0 amide bonds. The van der Waals surface area contributed by atoms with E-state index in [1.54, 1.807) is 0 Å². The van der Waals surface area contributed by atoms with Crippen LogP contribution >= 0.6 is 0 Å². The molecule has 0 radical (unpaired) electrons. The Hall–Kier alpha value is -2.45. The smallest absolute Gasteiger partial charge is 0.239 e. The minimum Gasteiger partial charge on any atom is -0.239 e. The van der Waals surface area contributed by atoms with Gasteiger partial charge in [0.2, 0.25) is 0 Å². The van der Waals surface area contributed by atoms with Crippen molar-refractivity contribution in [3.8, 4) is 5.95 Å². The third-order valence-electron chi connectivity index (χ3n) is 4.25. The van der Waals surface area contributed by atoms with E-state index in [2.05, 4.69) is 15.2 Å². The highest BCUT2D eigenvalue weighted by atomic mass is 19.4. The molecule has 0 N–H and O–H groups in total. The third-order valence-corrected chi connectivity index (χ3v) is 4.25. The lowest BCUT2D eigenvalue weighted by molar-refractivity contribution is -0.141. The van der Waals surface area contributed by atoms with Gasteiger partial charge in [-0.1, -0.05) is 32.1 Å². The lowest BCUT2D eigenvalue weighted by Crippen LogP contribution is -2.10. The van der Waals surface area contributed by atoms with Crippen LogP contribution in [-0.4, -0.2) is 24.5 Å². The number of alkyl halides is 4. The minimum atomic E-state index is -4.55. The largest absolute Gasteiger partial charge is 0.435 e. The first-order valence-corrected chi connectivity index (χ1v) is 8.44. The van der Waals surface area contributed by atoms with Gasteiger partial charge in [0, 0.05) is 12.6 Å². The summed E-state index contributed by atoms with van der Waals surface area (Å²) in [6, 6.07) is 0.536. The van der Waals surface area contributed by atoms with Crippen molar-refractivity contribution in [3.63, 3.8) is 0 Å². The summed E-state index contributed by atoms with van der Waals surface area (Å²) in [4.78, 5) is 4.07. The predicted molar refractivity (Wildman–Crippen MR) is 87.5 cm³/mol. The summed E-state index contributed by atoms with van der Waals surface area (Å²) in [5, 5.41) is 7.66. The van der Waals surface area contributed by atoms with Crippen molar-refractivity contribution in [1.82, 2.24) is 24.5 Å². The summed E-state index contributed by atoms with van der Waals surface area (Å²) >= 11 is 0. The second kappa shape index (κ2) is 7.05. The SMILES string of the molecule is CC/C=C\C=C(/CC)C1CC(F)c2nc(-n3ccc(C(F)(F)F)n3)nn21. The van der Waals surface area contributed by atoms with Crippen LogP contribution in [0.15, 0.2) is 36.1 Å². The highest BCUT2D eigenvalue weighted by Gasteiger charge is 2.37. The molecule has 2 unspecified atom stereocenters. The van der Waals surface area contributed by atoms with E-state index in [0.29, 0.717) is 6.42 Å². The number of rotatable bonds is 5. The summed E-state index contributed by atoms with van der Waals surface area (Å²) in [5.74, 6) is 0.0512. The van der Waals surface area contributed by atoms with Crippen LogP contribution in [0.1, 0.15) is 56.8 Å². The zero-order chi connectivity index (χ0) is 18.9. The molecular weight excluding hydrogens is 350 g/mol. The summed E-state index contributed by atoms with van der Waals surface area (Å²) in [7, 11) is 0. The van der Waals surface area contributed by atoms with Crippen LogP contribution in [0.5, 0.6) is 0 Å². The van der Waals surface area contributed by atoms with Crippen molar-refractivity contribution in [1.29, 1.82) is 0 Å². The zero-order valence-corrected chi connectivity index (χ0v) is 14.4. The van der Waals surface area contributed by atoms with Crippen molar-refractivity contribution in [3.05, 3.63) is 47.6 Å². The Balaban J connectivity index is 1.94. The molecule has 140 valence electrons. The van der Waals surface area contributed by atoms with Crippen LogP contribution in [0.2, 0.25) is 0 Å². The van der Waals surface area contributed by atoms with E-state index in [1.807, 2.05) is 32.1 Å². The van der Waals surface area contributed by atoms with Gasteiger partial charge in [0.05, 0.1) is 6.04 Å². The highest BCUT2D eigenvalue weighted by molar-refractivity contribution is 5.24. The van der Waals surface area contributed by atoms with Gasteiger partial charge in [0.15, 0.2) is 17.7 Å². The van der Waals surface area contributed by atoms with Gasteiger partial charge in [-0.3, -0.25) is 0 Å². The first kappa shape index (κ1) is 18.3. The zero-order valence-electron chi connectivity index (χ0n) is 14.4. The van der Waals surface area contributed by atoms with Crippen LogP contribution in [0, 0.1) is 0 Å². The molecular formula is C17H19F4N5. The molecule has 0 bridgehead atoms. The summed E-state index contributed by atoms with van der Waals surface area (Å²) in [6.07, 6.45) is 2.93. The Morgan fingerprint density at radius 3 is 2.69 bits per heavy atom. The average Bonchev–Trinajstić information content (AvgIpc) is 3.28. The molecule has 3 heterocycles. The fraction of sp³-hybridized carbons (Fsp3) is 0.471. The van der Waals surface area contributed by atoms with Crippen LogP contribution in [0.4, 0.5) is 17.6 Å². The molecule has 0 aromatic carbocycles. The highest BCUT2D eigenvalue weighted by Crippen LogP contribution is 2.40. The van der Waals surface area contributed by atoms with Crippen molar-refractivity contribution in [2.24, 2.45) is 0 Å². The number of allylic oxidation sites excluding steroid dienone is 4. The second-order valence-corrected chi connectivity index (χ2v) is 6.01. The molecule has 2 aromatic rings. The average molecular weight is 369 g/mol. The monoisotopic (exact) mass is 369 g/mol. The van der Waals surface area contributed by atoms with Gasteiger partial charge in [-0.25, -0.2) is 13.8 Å². The van der Waals surface area contributed by atoms with E-state index in [9.17, 15) is 17.6 Å². The van der Waals surface area contributed by atoms with Crippen LogP contribution in [0.25, 0.3) is 5.95 Å². The molecule has 0 aliphatic carbocycles. The molecule has 1 aliphatic heterocycles. The van der Waals surface area contributed by atoms with E-state index < -0.39 is 18.0 Å². The first-order valence-electron chi connectivity index (χ1n) is 8.44. The molecule has 9 heteroatoms. The van der Waals surface area contributed by atoms with Gasteiger partial charge in [-0.2, -0.15) is 23.3 Å². The maximum absolute atomic E-state index is 14.4. The molecule has 5 nitrogen and oxygen atoms in total. The number of nitrogens with zero attached hydrogens (tertiary/aromatic N) is 5. The molecule has 0 saturated heterocycles. The fourth-order valence-electron chi connectivity index (χ4n) is 2.95. The molecule has 3 rings (SSSR count). The number of hydrogen-bond donors (Lipinski definition) is 0. The van der Waals surface area contributed by atoms with Gasteiger partial charge in [-0.05, 0) is 24.5 Å². The van der Waals surface area contributed by atoms with Gasteiger partial charge < -0.3 is 0 Å². The van der Waals surface area contributed by atoms with Crippen molar-refractivity contribution in [2.75, 3.05) is 0 Å². The lowest BCUT2D eigenvalue weighted by Gasteiger charge is -2.14. The van der Waals surface area contributed by atoms with Crippen LogP contribution < -0.4 is 0 Å². The number of hydrogen-bond acceptors (Lipinski definition) is 3. The standard InChI is InChI=1S/C17H19F4N5/c1-3-5-6-7-11(4-2)13-10-12(18)15-22-16(24-26(13)15)25-9-8-14(23-25)17(19,20)21/h5-9,12-13H,3-4,10H2,1-2H3/b6-5-,11-7+. The van der Waals surface area contributed by atoms with E-state index in [-0.39, 0.29) is 24.2 Å². The van der Waals surface area contributed by atoms with Gasteiger partial charge in [0.25, 0.3) is 5.95 Å². The Bertz CT molecular complexity index is 831. The molecule has 0 saturated carbocycles. The molecule has 0 fully saturated rings. The number of fused-ring (bicyclic) bond motifs is 1. The fourth-order valence-corrected chi connectivity index (χ4v) is 2.95. The van der Waals surface area contributed by atoms with Crippen molar-refractivity contribution in [2.45, 2.75) is 51.5 Å². The lowest BCUT2D eigenvalue weighted by atomic mass is 10.0. The van der Waals surface area contributed by atoms with E-state index in [0.717, 1.165) is 28.9 Å². The van der Waals surface area contributed by atoms with Gasteiger partial charge in [0.1, 0.15) is 0 Å². The van der Waals surface area contributed by atoms with E-state index in [1.165, 1.54) is 4.68 Å². The van der Waals surface area contributed by atoms with E-state index >= 15 is 0 Å². The maximum atomic E-state index is 14.4. The maximum Gasteiger partial charge on any atom is 0.435 e. The normalized spacial score (nSPS) is 20.9. The van der Waals surface area contributed by atoms with Crippen molar-refractivity contribution < 1.29 is 17.6 Å². The van der Waals surface area contributed by atoms with Gasteiger partial charge >= 0.3 is 6.18 Å². The first-order chi connectivity index (χ1) is 12.3. The number of halogens is 4. The second-order valence-electron chi connectivity index (χ2n) is 6.01. The molecule has 26 heavy (non-hydrogen) atoms. The Morgan fingerprint density at radius 1 is 1.31 bits per heavy atom.